The maximum Gasteiger partial charge on any atom is 0.124 e. The monoisotopic (exact) mass is 311 g/mol. The Balaban J connectivity index is 2.54. The molecule has 1 aromatic carbocycles. The van der Waals surface area contributed by atoms with Gasteiger partial charge in [0.2, 0.25) is 0 Å². The lowest BCUT2D eigenvalue weighted by Gasteiger charge is -2.14. The van der Waals surface area contributed by atoms with E-state index in [4.69, 9.17) is 9.47 Å². The van der Waals surface area contributed by atoms with E-state index in [1.165, 1.54) is 5.75 Å². The number of rotatable bonds is 11. The van der Waals surface area contributed by atoms with Gasteiger partial charge < -0.3 is 14.8 Å². The fourth-order valence-electron chi connectivity index (χ4n) is 1.94. The van der Waals surface area contributed by atoms with E-state index in [1.807, 2.05) is 23.9 Å². The molecule has 0 spiro atoms. The molecule has 0 aliphatic carbocycles. The molecule has 0 aliphatic heterocycles. The maximum absolute atomic E-state index is 5.93. The van der Waals surface area contributed by atoms with Crippen molar-refractivity contribution in [2.24, 2.45) is 5.92 Å². The van der Waals surface area contributed by atoms with E-state index in [-0.39, 0.29) is 0 Å². The normalized spacial score (nSPS) is 10.9. The molecule has 0 aromatic heterocycles. The highest BCUT2D eigenvalue weighted by atomic mass is 32.2. The zero-order valence-electron chi connectivity index (χ0n) is 13.8. The summed E-state index contributed by atoms with van der Waals surface area (Å²) in [6.07, 6.45) is 1.09. The average Bonchev–Trinajstić information content (AvgIpc) is 2.47. The minimum absolute atomic E-state index is 0.644. The van der Waals surface area contributed by atoms with Gasteiger partial charge in [0.15, 0.2) is 0 Å². The third kappa shape index (κ3) is 7.63. The number of hydrogen-bond acceptors (Lipinski definition) is 4. The predicted molar refractivity (Wildman–Crippen MR) is 92.6 cm³/mol. The highest BCUT2D eigenvalue weighted by molar-refractivity contribution is 7.99. The second-order valence-electron chi connectivity index (χ2n) is 5.40. The number of benzene rings is 1. The first-order valence-electron chi connectivity index (χ1n) is 7.75. The van der Waals surface area contributed by atoms with Crippen LogP contribution < -0.4 is 14.8 Å². The maximum atomic E-state index is 5.93. The summed E-state index contributed by atoms with van der Waals surface area (Å²) in [6.45, 7) is 9.20. The van der Waals surface area contributed by atoms with E-state index >= 15 is 0 Å². The third-order valence-corrected chi connectivity index (χ3v) is 4.02. The van der Waals surface area contributed by atoms with Gasteiger partial charge in [-0.25, -0.2) is 0 Å². The Kier molecular flexibility index (Phi) is 9.35. The van der Waals surface area contributed by atoms with Gasteiger partial charge in [0, 0.05) is 12.1 Å². The van der Waals surface area contributed by atoms with E-state index in [0.29, 0.717) is 5.92 Å². The summed E-state index contributed by atoms with van der Waals surface area (Å²) in [5, 5.41) is 3.46. The van der Waals surface area contributed by atoms with Gasteiger partial charge in [0.05, 0.1) is 13.7 Å². The van der Waals surface area contributed by atoms with Crippen LogP contribution in [0.25, 0.3) is 0 Å². The molecule has 0 bridgehead atoms. The summed E-state index contributed by atoms with van der Waals surface area (Å²) in [5.41, 5.74) is 1.16. The molecule has 0 unspecified atom stereocenters. The van der Waals surface area contributed by atoms with Gasteiger partial charge >= 0.3 is 0 Å². The summed E-state index contributed by atoms with van der Waals surface area (Å²) in [6, 6.07) is 6.03. The second kappa shape index (κ2) is 10.8. The predicted octanol–water partition coefficient (Wildman–Crippen LogP) is 3.96. The highest BCUT2D eigenvalue weighted by Crippen LogP contribution is 2.24. The molecule has 1 aromatic rings. The Morgan fingerprint density at radius 1 is 1.29 bits per heavy atom. The molecule has 0 aliphatic rings. The zero-order chi connectivity index (χ0) is 15.5. The minimum Gasteiger partial charge on any atom is -0.497 e. The van der Waals surface area contributed by atoms with Crippen LogP contribution in [0.3, 0.4) is 0 Å². The van der Waals surface area contributed by atoms with Crippen molar-refractivity contribution in [2.75, 3.05) is 31.8 Å². The van der Waals surface area contributed by atoms with Gasteiger partial charge in [0.25, 0.3) is 0 Å². The van der Waals surface area contributed by atoms with Crippen LogP contribution in [-0.2, 0) is 6.54 Å². The van der Waals surface area contributed by atoms with Gasteiger partial charge in [-0.2, -0.15) is 11.8 Å². The Bertz CT molecular complexity index is 396. The lowest BCUT2D eigenvalue weighted by atomic mass is 10.1. The standard InChI is InChI=1S/C17H29NO2S/c1-5-21-10-6-9-20-17-8-7-16(19-4)11-15(17)13-18-12-14(2)3/h7-8,11,14,18H,5-6,9-10,12-13H2,1-4H3. The van der Waals surface area contributed by atoms with Crippen molar-refractivity contribution in [3.05, 3.63) is 23.8 Å². The lowest BCUT2D eigenvalue weighted by Crippen LogP contribution is -2.19. The molecule has 0 saturated carbocycles. The zero-order valence-corrected chi connectivity index (χ0v) is 14.6. The summed E-state index contributed by atoms with van der Waals surface area (Å²) < 4.78 is 11.2. The number of hydrogen-bond donors (Lipinski definition) is 1. The van der Waals surface area contributed by atoms with Crippen molar-refractivity contribution in [1.29, 1.82) is 0 Å². The summed E-state index contributed by atoms with van der Waals surface area (Å²) >= 11 is 1.96. The van der Waals surface area contributed by atoms with Crippen molar-refractivity contribution in [3.8, 4) is 11.5 Å². The van der Waals surface area contributed by atoms with Gasteiger partial charge in [-0.1, -0.05) is 20.8 Å². The molecule has 0 amide bonds. The molecule has 0 atom stereocenters. The fraction of sp³-hybridized carbons (Fsp3) is 0.647. The van der Waals surface area contributed by atoms with Crippen molar-refractivity contribution in [3.63, 3.8) is 0 Å². The number of thioether (sulfide) groups is 1. The molecule has 0 saturated heterocycles. The Morgan fingerprint density at radius 2 is 2.10 bits per heavy atom. The summed E-state index contributed by atoms with van der Waals surface area (Å²) in [5.74, 6) is 4.82. The molecule has 1 N–H and O–H groups in total. The molecule has 21 heavy (non-hydrogen) atoms. The van der Waals surface area contributed by atoms with Gasteiger partial charge in [-0.15, -0.1) is 0 Å². The van der Waals surface area contributed by atoms with Crippen LogP contribution >= 0.6 is 11.8 Å². The first-order chi connectivity index (χ1) is 10.2. The summed E-state index contributed by atoms with van der Waals surface area (Å²) in [7, 11) is 1.70. The molecule has 0 radical (unpaired) electrons. The van der Waals surface area contributed by atoms with E-state index in [2.05, 4.69) is 32.2 Å². The number of ether oxygens (including phenoxy) is 2. The Hall–Kier alpha value is -0.870. The topological polar surface area (TPSA) is 30.5 Å². The smallest absolute Gasteiger partial charge is 0.124 e. The lowest BCUT2D eigenvalue weighted by molar-refractivity contribution is 0.313. The number of methoxy groups -OCH3 is 1. The van der Waals surface area contributed by atoms with Crippen LogP contribution in [0.1, 0.15) is 32.8 Å². The molecular weight excluding hydrogens is 282 g/mol. The van der Waals surface area contributed by atoms with E-state index in [1.54, 1.807) is 7.11 Å². The third-order valence-electron chi connectivity index (χ3n) is 3.03. The molecule has 4 heteroatoms. The Morgan fingerprint density at radius 3 is 2.76 bits per heavy atom. The van der Waals surface area contributed by atoms with Gasteiger partial charge in [-0.05, 0) is 48.6 Å². The van der Waals surface area contributed by atoms with E-state index < -0.39 is 0 Å². The van der Waals surface area contributed by atoms with Crippen molar-refractivity contribution in [2.45, 2.75) is 33.7 Å². The van der Waals surface area contributed by atoms with Crippen LogP contribution in [-0.4, -0.2) is 31.8 Å². The van der Waals surface area contributed by atoms with Crippen LogP contribution in [0.4, 0.5) is 0 Å². The SMILES string of the molecule is CCSCCCOc1ccc(OC)cc1CNCC(C)C. The second-order valence-corrected chi connectivity index (χ2v) is 6.79. The van der Waals surface area contributed by atoms with Crippen LogP contribution in [0.15, 0.2) is 18.2 Å². The van der Waals surface area contributed by atoms with Gasteiger partial charge in [0.1, 0.15) is 11.5 Å². The molecule has 0 heterocycles. The minimum atomic E-state index is 0.644. The van der Waals surface area contributed by atoms with E-state index in [0.717, 1.165) is 48.9 Å². The molecular formula is C17H29NO2S. The first-order valence-corrected chi connectivity index (χ1v) is 8.91. The van der Waals surface area contributed by atoms with Crippen molar-refractivity contribution in [1.82, 2.24) is 5.32 Å². The van der Waals surface area contributed by atoms with Crippen LogP contribution in [0.2, 0.25) is 0 Å². The summed E-state index contributed by atoms with van der Waals surface area (Å²) in [4.78, 5) is 0. The van der Waals surface area contributed by atoms with Gasteiger partial charge in [-0.3, -0.25) is 0 Å². The largest absolute Gasteiger partial charge is 0.497 e. The Labute approximate surface area is 133 Å². The van der Waals surface area contributed by atoms with Crippen molar-refractivity contribution >= 4 is 11.8 Å². The van der Waals surface area contributed by atoms with Crippen LogP contribution in [0, 0.1) is 5.92 Å². The molecule has 0 fully saturated rings. The van der Waals surface area contributed by atoms with Crippen molar-refractivity contribution < 1.29 is 9.47 Å². The highest BCUT2D eigenvalue weighted by Gasteiger charge is 2.06. The molecule has 1 rings (SSSR count). The quantitative estimate of drug-likeness (QED) is 0.627. The average molecular weight is 311 g/mol. The van der Waals surface area contributed by atoms with Crippen LogP contribution in [0.5, 0.6) is 11.5 Å². The van der Waals surface area contributed by atoms with E-state index in [9.17, 15) is 0 Å². The fourth-order valence-corrected chi connectivity index (χ4v) is 2.56. The first kappa shape index (κ1) is 18.2. The molecule has 3 nitrogen and oxygen atoms in total. The number of nitrogens with one attached hydrogen (secondary N) is 1. The molecule has 120 valence electrons.